The fourth-order valence-electron chi connectivity index (χ4n) is 11.5. The molecule has 4 nitrogen and oxygen atoms in total. The van der Waals surface area contributed by atoms with Gasteiger partial charge in [-0.2, -0.15) is 0 Å². The topological polar surface area (TPSA) is 63.2 Å². The predicted molar refractivity (Wildman–Crippen MR) is 177 cm³/mol. The molecule has 10 atom stereocenters. The van der Waals surface area contributed by atoms with E-state index in [1.165, 1.54) is 70.6 Å². The van der Waals surface area contributed by atoms with E-state index in [2.05, 4.69) is 53.2 Å². The number of fused-ring (bicyclic) bond motifs is 5. The summed E-state index contributed by atoms with van der Waals surface area (Å²) < 4.78 is 28.6. The molecule has 0 saturated heterocycles. The summed E-state index contributed by atoms with van der Waals surface area (Å²) in [6, 6.07) is 6.93. The second-order valence-electron chi connectivity index (χ2n) is 17.1. The number of hydrogen-bond acceptors (Lipinski definition) is 3. The van der Waals surface area contributed by atoms with E-state index in [9.17, 15) is 13.2 Å². The molecule has 0 spiro atoms. The summed E-state index contributed by atoms with van der Waals surface area (Å²) in [6.45, 7) is 18.2. The molecule has 1 amide bonds. The van der Waals surface area contributed by atoms with E-state index in [-0.39, 0.29) is 22.1 Å². The van der Waals surface area contributed by atoms with Gasteiger partial charge in [-0.15, -0.1) is 0 Å². The van der Waals surface area contributed by atoms with Gasteiger partial charge in [0.2, 0.25) is 5.91 Å². The van der Waals surface area contributed by atoms with E-state index < -0.39 is 10.0 Å². The molecule has 0 aliphatic heterocycles. The van der Waals surface area contributed by atoms with Gasteiger partial charge in [-0.1, -0.05) is 93.2 Å². The fraction of sp³-hybridized carbons (Fsp3) is 0.816. The Morgan fingerprint density at radius 2 is 1.60 bits per heavy atom. The fourth-order valence-corrected chi connectivity index (χ4v) is 12.6. The summed E-state index contributed by atoms with van der Waals surface area (Å²) in [5.74, 6) is 4.70. The van der Waals surface area contributed by atoms with Crippen LogP contribution in [0.25, 0.3) is 0 Å². The molecule has 0 heterocycles. The number of sulfonamides is 1. The van der Waals surface area contributed by atoms with Crippen LogP contribution in [-0.4, -0.2) is 14.3 Å². The van der Waals surface area contributed by atoms with Crippen LogP contribution in [0.15, 0.2) is 29.2 Å². The van der Waals surface area contributed by atoms with Gasteiger partial charge in [-0.3, -0.25) is 4.79 Å². The predicted octanol–water partition coefficient (Wildman–Crippen LogP) is 9.53. The minimum absolute atomic E-state index is 0.0597. The summed E-state index contributed by atoms with van der Waals surface area (Å²) in [5.41, 5.74) is 1.89. The van der Waals surface area contributed by atoms with Crippen molar-refractivity contribution in [2.75, 3.05) is 0 Å². The molecule has 2 unspecified atom stereocenters. The number of carbonyl (C=O) groups excluding carboxylic acids is 1. The quantitative estimate of drug-likeness (QED) is 0.318. The molecule has 43 heavy (non-hydrogen) atoms. The maximum Gasteiger partial charge on any atom is 0.264 e. The maximum absolute atomic E-state index is 13.2. The lowest BCUT2D eigenvalue weighted by atomic mass is 9.42. The minimum Gasteiger partial charge on any atom is -0.274 e. The number of rotatable bonds is 8. The summed E-state index contributed by atoms with van der Waals surface area (Å²) in [5, 5.41) is 0. The number of nitrogens with one attached hydrogen (secondary N) is 1. The van der Waals surface area contributed by atoms with Crippen molar-refractivity contribution in [3.63, 3.8) is 0 Å². The van der Waals surface area contributed by atoms with Crippen LogP contribution in [0, 0.1) is 58.2 Å². The SMILES string of the molecule is CCC[C@H]1C[C@H]2C3CCC([C@H](C)C[C@H](C)C(=O)NS(=O)(=O)c4ccc(C(C)(C)C)cc4)[C@@]3(C)CC[C@@H]2[C@@]2(C)CCCC[C@@H]12. The highest BCUT2D eigenvalue weighted by molar-refractivity contribution is 7.90. The van der Waals surface area contributed by atoms with Crippen molar-refractivity contribution < 1.29 is 13.2 Å². The molecule has 1 aromatic carbocycles. The average molecular weight is 612 g/mol. The van der Waals surface area contributed by atoms with Gasteiger partial charge in [-0.25, -0.2) is 13.1 Å². The van der Waals surface area contributed by atoms with Crippen molar-refractivity contribution in [1.29, 1.82) is 0 Å². The maximum atomic E-state index is 13.2. The van der Waals surface area contributed by atoms with Crippen molar-refractivity contribution in [2.24, 2.45) is 58.2 Å². The lowest BCUT2D eigenvalue weighted by Gasteiger charge is -2.63. The van der Waals surface area contributed by atoms with Crippen molar-refractivity contribution in [1.82, 2.24) is 4.72 Å². The Morgan fingerprint density at radius 3 is 2.26 bits per heavy atom. The standard InChI is InChI=1S/C38H61NO3S/c1-9-12-27-24-30-33-19-18-31(38(33,8)22-20-34(30)37(7)21-11-10-13-32(27)37)25(2)23-26(3)35(40)39-43(41,42)29-16-14-28(15-17-29)36(4,5)6/h14-17,25-27,30-34H,9-13,18-24H2,1-8H3,(H,39,40)/t25-,26+,27+,30+,31?,32+,33?,34+,37+,38-/m1/s1. The van der Waals surface area contributed by atoms with Crippen LogP contribution in [-0.2, 0) is 20.2 Å². The summed E-state index contributed by atoms with van der Waals surface area (Å²) in [6.07, 6.45) is 16.0. The van der Waals surface area contributed by atoms with E-state index in [1.54, 1.807) is 12.1 Å². The van der Waals surface area contributed by atoms with Gasteiger partial charge in [0.05, 0.1) is 4.90 Å². The van der Waals surface area contributed by atoms with Crippen molar-refractivity contribution in [3.05, 3.63) is 29.8 Å². The summed E-state index contributed by atoms with van der Waals surface area (Å²) in [7, 11) is -3.89. The van der Waals surface area contributed by atoms with Crippen LogP contribution in [0.1, 0.15) is 138 Å². The largest absolute Gasteiger partial charge is 0.274 e. The minimum atomic E-state index is -3.89. The lowest BCUT2D eigenvalue weighted by Crippen LogP contribution is -2.55. The zero-order valence-electron chi connectivity index (χ0n) is 28.5. The van der Waals surface area contributed by atoms with Crippen molar-refractivity contribution in [2.45, 2.75) is 143 Å². The van der Waals surface area contributed by atoms with Gasteiger partial charge in [0.1, 0.15) is 0 Å². The molecular weight excluding hydrogens is 550 g/mol. The van der Waals surface area contributed by atoms with E-state index in [0.717, 1.165) is 41.6 Å². The van der Waals surface area contributed by atoms with Crippen LogP contribution in [0.2, 0.25) is 0 Å². The zero-order valence-corrected chi connectivity index (χ0v) is 29.4. The molecule has 5 heteroatoms. The lowest BCUT2D eigenvalue weighted by molar-refractivity contribution is -0.139. The Hall–Kier alpha value is -1.36. The first-order valence-corrected chi connectivity index (χ1v) is 19.3. The first kappa shape index (κ1) is 33.0. The number of amides is 1. The van der Waals surface area contributed by atoms with Gasteiger partial charge in [0.25, 0.3) is 10.0 Å². The zero-order chi connectivity index (χ0) is 31.4. The van der Waals surface area contributed by atoms with Gasteiger partial charge in [0, 0.05) is 5.92 Å². The van der Waals surface area contributed by atoms with E-state index in [4.69, 9.17) is 0 Å². The molecule has 5 rings (SSSR count). The Labute approximate surface area is 264 Å². The third kappa shape index (κ3) is 6.11. The van der Waals surface area contributed by atoms with Gasteiger partial charge in [0.15, 0.2) is 0 Å². The molecular formula is C38H61NO3S. The van der Waals surface area contributed by atoms with Crippen LogP contribution >= 0.6 is 0 Å². The molecule has 0 bridgehead atoms. The third-order valence-corrected chi connectivity index (χ3v) is 15.0. The van der Waals surface area contributed by atoms with Crippen LogP contribution in [0.3, 0.4) is 0 Å². The summed E-state index contributed by atoms with van der Waals surface area (Å²) >= 11 is 0. The molecule has 4 aliphatic rings. The summed E-state index contributed by atoms with van der Waals surface area (Å²) in [4.78, 5) is 13.4. The Bertz CT molecular complexity index is 1250. The van der Waals surface area contributed by atoms with Crippen molar-refractivity contribution >= 4 is 15.9 Å². The monoisotopic (exact) mass is 611 g/mol. The second kappa shape index (κ2) is 12.1. The van der Waals surface area contributed by atoms with E-state index in [0.29, 0.717) is 22.7 Å². The average Bonchev–Trinajstić information content (AvgIpc) is 3.30. The van der Waals surface area contributed by atoms with E-state index >= 15 is 0 Å². The Kier molecular flexibility index (Phi) is 9.29. The normalized spacial score (nSPS) is 37.5. The molecule has 4 fully saturated rings. The Balaban J connectivity index is 1.25. The van der Waals surface area contributed by atoms with Crippen LogP contribution < -0.4 is 4.72 Å². The second-order valence-corrected chi connectivity index (χ2v) is 18.8. The highest BCUT2D eigenvalue weighted by Crippen LogP contribution is 2.69. The van der Waals surface area contributed by atoms with Crippen molar-refractivity contribution in [3.8, 4) is 0 Å². The molecule has 4 aliphatic carbocycles. The molecule has 1 N–H and O–H groups in total. The van der Waals surface area contributed by atoms with Gasteiger partial charge >= 0.3 is 0 Å². The molecule has 4 saturated carbocycles. The molecule has 0 radical (unpaired) electrons. The molecule has 0 aromatic heterocycles. The molecule has 1 aromatic rings. The van der Waals surface area contributed by atoms with E-state index in [1.807, 2.05) is 19.1 Å². The first-order chi connectivity index (χ1) is 20.1. The highest BCUT2D eigenvalue weighted by atomic mass is 32.2. The number of hydrogen-bond donors (Lipinski definition) is 1. The molecule has 242 valence electrons. The number of benzene rings is 1. The highest BCUT2D eigenvalue weighted by Gasteiger charge is 2.61. The number of carbonyl (C=O) groups is 1. The van der Waals surface area contributed by atoms with Crippen LogP contribution in [0.5, 0.6) is 0 Å². The van der Waals surface area contributed by atoms with Gasteiger partial charge < -0.3 is 0 Å². The van der Waals surface area contributed by atoms with Crippen LogP contribution in [0.4, 0.5) is 0 Å². The smallest absolute Gasteiger partial charge is 0.264 e. The Morgan fingerprint density at radius 1 is 0.930 bits per heavy atom. The van der Waals surface area contributed by atoms with Gasteiger partial charge in [-0.05, 0) is 127 Å². The first-order valence-electron chi connectivity index (χ1n) is 17.8. The third-order valence-electron chi connectivity index (χ3n) is 13.6.